The molecule has 0 fully saturated rings. The molecule has 0 amide bonds. The van der Waals surface area contributed by atoms with Crippen LogP contribution in [0.25, 0.3) is 20.4 Å². The Morgan fingerprint density at radius 2 is 1.00 bits per heavy atom. The lowest BCUT2D eigenvalue weighted by Gasteiger charge is -2.12. The molecule has 30 heavy (non-hydrogen) atoms. The molecule has 0 saturated heterocycles. The largest absolute Gasteiger partial charge is 0.490 e. The van der Waals surface area contributed by atoms with Crippen LogP contribution >= 0.6 is 22.7 Å². The Morgan fingerprint density at radius 3 is 1.43 bits per heavy atom. The quantitative estimate of drug-likeness (QED) is 0.206. The molecule has 0 aliphatic heterocycles. The van der Waals surface area contributed by atoms with Gasteiger partial charge in [-0.3, -0.25) is 0 Å². The molecule has 2 heterocycles. The molecular weight excluding hydrogens is 412 g/mol. The lowest BCUT2D eigenvalue weighted by Crippen LogP contribution is -2.01. The highest BCUT2D eigenvalue weighted by Gasteiger charge is 2.20. The monoisotopic (exact) mass is 448 g/mol. The van der Waals surface area contributed by atoms with E-state index in [-0.39, 0.29) is 0 Å². The first-order chi connectivity index (χ1) is 14.9. The van der Waals surface area contributed by atoms with Crippen molar-refractivity contribution in [3.63, 3.8) is 0 Å². The molecule has 4 nitrogen and oxygen atoms in total. The van der Waals surface area contributed by atoms with Crippen molar-refractivity contribution in [3.05, 3.63) is 11.0 Å². The standard InChI is InChI=1S/C24H36N2O2S2/c1-3-5-7-9-11-13-15-27-21-19-24(30-17-25-19)22(20-23(21)29-18-26-20)28-16-14-12-10-8-6-4-2/h17-18H,3-16H2,1-2H3. The molecule has 0 saturated carbocycles. The van der Waals surface area contributed by atoms with Crippen molar-refractivity contribution in [2.45, 2.75) is 90.9 Å². The van der Waals surface area contributed by atoms with Gasteiger partial charge < -0.3 is 9.47 Å². The van der Waals surface area contributed by atoms with E-state index in [1.807, 2.05) is 11.0 Å². The Labute approximate surface area is 189 Å². The lowest BCUT2D eigenvalue weighted by atomic mass is 10.1. The number of benzene rings is 1. The summed E-state index contributed by atoms with van der Waals surface area (Å²) in [5, 5.41) is 0. The third-order valence-corrected chi connectivity index (χ3v) is 7.12. The Morgan fingerprint density at radius 1 is 0.600 bits per heavy atom. The first-order valence-electron chi connectivity index (χ1n) is 11.7. The highest BCUT2D eigenvalue weighted by Crippen LogP contribution is 2.45. The van der Waals surface area contributed by atoms with E-state index in [4.69, 9.17) is 9.47 Å². The fourth-order valence-corrected chi connectivity index (χ4v) is 5.30. The van der Waals surface area contributed by atoms with Gasteiger partial charge in [-0.25, -0.2) is 9.97 Å². The molecule has 0 aliphatic carbocycles. The molecule has 0 atom stereocenters. The summed E-state index contributed by atoms with van der Waals surface area (Å²) in [6.45, 7) is 5.99. The van der Waals surface area contributed by atoms with Crippen LogP contribution in [0.4, 0.5) is 0 Å². The normalized spacial score (nSPS) is 11.5. The maximum atomic E-state index is 6.25. The molecule has 2 aromatic heterocycles. The zero-order valence-electron chi connectivity index (χ0n) is 18.6. The number of hydrogen-bond donors (Lipinski definition) is 0. The Balaban J connectivity index is 1.61. The first-order valence-corrected chi connectivity index (χ1v) is 13.5. The van der Waals surface area contributed by atoms with Gasteiger partial charge in [-0.15, -0.1) is 22.7 Å². The minimum atomic E-state index is 0.740. The van der Waals surface area contributed by atoms with Gasteiger partial charge in [0.1, 0.15) is 20.4 Å². The van der Waals surface area contributed by atoms with E-state index in [9.17, 15) is 0 Å². The summed E-state index contributed by atoms with van der Waals surface area (Å²) in [7, 11) is 0. The number of thiazole rings is 2. The molecule has 0 spiro atoms. The molecule has 0 unspecified atom stereocenters. The van der Waals surface area contributed by atoms with Crippen molar-refractivity contribution in [2.24, 2.45) is 0 Å². The number of fused-ring (bicyclic) bond motifs is 2. The maximum Gasteiger partial charge on any atom is 0.166 e. The molecule has 0 bridgehead atoms. The maximum absolute atomic E-state index is 6.25. The van der Waals surface area contributed by atoms with Crippen LogP contribution in [0.15, 0.2) is 11.0 Å². The molecule has 6 heteroatoms. The highest BCUT2D eigenvalue weighted by molar-refractivity contribution is 7.19. The zero-order chi connectivity index (χ0) is 21.0. The molecule has 3 rings (SSSR count). The van der Waals surface area contributed by atoms with Crippen molar-refractivity contribution in [2.75, 3.05) is 13.2 Å². The van der Waals surface area contributed by atoms with E-state index in [0.717, 1.165) is 58.0 Å². The Kier molecular flexibility index (Phi) is 10.2. The summed E-state index contributed by atoms with van der Waals surface area (Å²) in [5.41, 5.74) is 5.65. The second-order valence-corrected chi connectivity index (χ2v) is 9.66. The minimum Gasteiger partial charge on any atom is -0.490 e. The molecule has 0 N–H and O–H groups in total. The third-order valence-electron chi connectivity index (χ3n) is 5.47. The third kappa shape index (κ3) is 6.30. The summed E-state index contributed by atoms with van der Waals surface area (Å²) >= 11 is 3.25. The first kappa shape index (κ1) is 23.3. The van der Waals surface area contributed by atoms with Crippen LogP contribution < -0.4 is 9.47 Å². The summed E-state index contributed by atoms with van der Waals surface area (Å²) < 4.78 is 14.6. The topological polar surface area (TPSA) is 44.2 Å². The number of ether oxygens (including phenoxy) is 2. The van der Waals surface area contributed by atoms with Crippen LogP contribution in [0.2, 0.25) is 0 Å². The zero-order valence-corrected chi connectivity index (χ0v) is 20.2. The SMILES string of the molecule is CCCCCCCCOc1c2ncsc2c(OCCCCCCCC)c2ncsc12. The van der Waals surface area contributed by atoms with Crippen molar-refractivity contribution >= 4 is 43.1 Å². The van der Waals surface area contributed by atoms with Gasteiger partial charge in [0.05, 0.1) is 24.2 Å². The predicted octanol–water partition coefficient (Wildman–Crippen LogP) is 8.38. The van der Waals surface area contributed by atoms with E-state index in [0.29, 0.717) is 0 Å². The Bertz CT molecular complexity index is 756. The number of nitrogens with zero attached hydrogens (tertiary/aromatic N) is 2. The van der Waals surface area contributed by atoms with Gasteiger partial charge in [0, 0.05) is 0 Å². The van der Waals surface area contributed by atoms with Crippen molar-refractivity contribution in [1.29, 1.82) is 0 Å². The van der Waals surface area contributed by atoms with Crippen molar-refractivity contribution < 1.29 is 9.47 Å². The van der Waals surface area contributed by atoms with Gasteiger partial charge >= 0.3 is 0 Å². The van der Waals surface area contributed by atoms with Crippen LogP contribution in [0.1, 0.15) is 90.9 Å². The molecule has 1 aromatic carbocycles. The number of hydrogen-bond acceptors (Lipinski definition) is 6. The fraction of sp³-hybridized carbons (Fsp3) is 0.667. The average molecular weight is 449 g/mol. The smallest absolute Gasteiger partial charge is 0.166 e. The van der Waals surface area contributed by atoms with Crippen LogP contribution in [-0.2, 0) is 0 Å². The van der Waals surface area contributed by atoms with Crippen LogP contribution in [-0.4, -0.2) is 23.2 Å². The van der Waals surface area contributed by atoms with E-state index in [1.54, 1.807) is 22.7 Å². The summed E-state index contributed by atoms with van der Waals surface area (Å²) in [5.74, 6) is 1.79. The van der Waals surface area contributed by atoms with Crippen LogP contribution in [0.5, 0.6) is 11.5 Å². The van der Waals surface area contributed by atoms with E-state index in [1.165, 1.54) is 64.2 Å². The summed E-state index contributed by atoms with van der Waals surface area (Å²) in [4.78, 5) is 9.24. The lowest BCUT2D eigenvalue weighted by molar-refractivity contribution is 0.306. The molecule has 0 aliphatic rings. The van der Waals surface area contributed by atoms with Gasteiger partial charge in [-0.05, 0) is 12.8 Å². The van der Waals surface area contributed by atoms with Crippen LogP contribution in [0.3, 0.4) is 0 Å². The Hall–Kier alpha value is -1.40. The highest BCUT2D eigenvalue weighted by atomic mass is 32.1. The van der Waals surface area contributed by atoms with Crippen molar-refractivity contribution in [1.82, 2.24) is 9.97 Å². The summed E-state index contributed by atoms with van der Waals surface area (Å²) in [6, 6.07) is 0. The van der Waals surface area contributed by atoms with Gasteiger partial charge in [-0.2, -0.15) is 0 Å². The predicted molar refractivity (Wildman–Crippen MR) is 131 cm³/mol. The average Bonchev–Trinajstić information content (AvgIpc) is 3.43. The minimum absolute atomic E-state index is 0.740. The van der Waals surface area contributed by atoms with E-state index >= 15 is 0 Å². The van der Waals surface area contributed by atoms with Crippen LogP contribution in [0, 0.1) is 0 Å². The number of aromatic nitrogens is 2. The van der Waals surface area contributed by atoms with Gasteiger partial charge in [0.2, 0.25) is 0 Å². The van der Waals surface area contributed by atoms with E-state index in [2.05, 4.69) is 23.8 Å². The van der Waals surface area contributed by atoms with E-state index < -0.39 is 0 Å². The van der Waals surface area contributed by atoms with Gasteiger partial charge in [-0.1, -0.05) is 78.1 Å². The van der Waals surface area contributed by atoms with Crippen molar-refractivity contribution in [3.8, 4) is 11.5 Å². The number of rotatable bonds is 16. The fourth-order valence-electron chi connectivity index (χ4n) is 3.73. The molecule has 3 aromatic rings. The van der Waals surface area contributed by atoms with Gasteiger partial charge in [0.15, 0.2) is 11.5 Å². The van der Waals surface area contributed by atoms with Gasteiger partial charge in [0.25, 0.3) is 0 Å². The second-order valence-electron chi connectivity index (χ2n) is 7.95. The summed E-state index contributed by atoms with van der Waals surface area (Å²) in [6.07, 6.45) is 15.1. The molecule has 166 valence electrons. The molecular formula is C24H36N2O2S2. The molecule has 0 radical (unpaired) electrons. The second kappa shape index (κ2) is 13.1. The number of unbranched alkanes of at least 4 members (excludes halogenated alkanes) is 10.